The Kier molecular flexibility index (Phi) is 6.84. The summed E-state index contributed by atoms with van der Waals surface area (Å²) in [6, 6.07) is 21.1. The lowest BCUT2D eigenvalue weighted by molar-refractivity contribution is 0.701. The second kappa shape index (κ2) is 8.91. The number of hydrogen-bond donors (Lipinski definition) is 1. The van der Waals surface area contributed by atoms with E-state index in [1.54, 1.807) is 0 Å². The Labute approximate surface area is 133 Å². The van der Waals surface area contributed by atoms with Gasteiger partial charge < -0.3 is 5.73 Å². The first-order chi connectivity index (χ1) is 10.3. The summed E-state index contributed by atoms with van der Waals surface area (Å²) in [5, 5.41) is 0.324. The molecular formula is C19H25NS. The molecule has 2 unspecified atom stereocenters. The molecule has 0 spiro atoms. The van der Waals surface area contributed by atoms with Crippen LogP contribution in [-0.2, 0) is 0 Å². The van der Waals surface area contributed by atoms with Gasteiger partial charge in [-0.2, -0.15) is 11.8 Å². The molecule has 21 heavy (non-hydrogen) atoms. The highest BCUT2D eigenvalue weighted by Crippen LogP contribution is 2.39. The van der Waals surface area contributed by atoms with Gasteiger partial charge in [0.15, 0.2) is 0 Å². The number of rotatable bonds is 8. The lowest BCUT2D eigenvalue weighted by atomic mass is 9.99. The van der Waals surface area contributed by atoms with E-state index in [4.69, 9.17) is 5.73 Å². The molecular weight excluding hydrogens is 274 g/mol. The predicted octanol–water partition coefficient (Wildman–Crippen LogP) is 5.35. The maximum Gasteiger partial charge on any atom is 0.0490 e. The van der Waals surface area contributed by atoms with E-state index >= 15 is 0 Å². The van der Waals surface area contributed by atoms with E-state index in [0.29, 0.717) is 5.25 Å². The van der Waals surface area contributed by atoms with Crippen LogP contribution in [0.4, 0.5) is 0 Å². The third kappa shape index (κ3) is 4.90. The van der Waals surface area contributed by atoms with E-state index < -0.39 is 0 Å². The van der Waals surface area contributed by atoms with Gasteiger partial charge in [-0.25, -0.2) is 0 Å². The van der Waals surface area contributed by atoms with Crippen molar-refractivity contribution in [1.29, 1.82) is 0 Å². The largest absolute Gasteiger partial charge is 0.323 e. The Morgan fingerprint density at radius 2 is 1.43 bits per heavy atom. The van der Waals surface area contributed by atoms with Gasteiger partial charge in [-0.05, 0) is 23.3 Å². The maximum absolute atomic E-state index is 6.57. The van der Waals surface area contributed by atoms with Crippen molar-refractivity contribution >= 4 is 11.8 Å². The maximum atomic E-state index is 6.57. The summed E-state index contributed by atoms with van der Waals surface area (Å²) in [6.07, 6.45) is 3.84. The van der Waals surface area contributed by atoms with Crippen molar-refractivity contribution in [2.45, 2.75) is 37.5 Å². The highest BCUT2D eigenvalue weighted by atomic mass is 32.2. The van der Waals surface area contributed by atoms with Crippen LogP contribution < -0.4 is 5.73 Å². The Hall–Kier alpha value is -1.25. The van der Waals surface area contributed by atoms with E-state index in [1.807, 2.05) is 17.8 Å². The van der Waals surface area contributed by atoms with Crippen molar-refractivity contribution < 1.29 is 0 Å². The molecule has 2 atom stereocenters. The first-order valence-electron chi connectivity index (χ1n) is 7.80. The van der Waals surface area contributed by atoms with Crippen LogP contribution in [0.3, 0.4) is 0 Å². The lowest BCUT2D eigenvalue weighted by Crippen LogP contribution is -2.18. The zero-order valence-electron chi connectivity index (χ0n) is 12.7. The van der Waals surface area contributed by atoms with Gasteiger partial charge in [-0.1, -0.05) is 80.4 Å². The first kappa shape index (κ1) is 16.1. The Morgan fingerprint density at radius 3 is 2.00 bits per heavy atom. The molecule has 0 fully saturated rings. The van der Waals surface area contributed by atoms with Crippen LogP contribution in [0.25, 0.3) is 0 Å². The van der Waals surface area contributed by atoms with E-state index in [2.05, 4.69) is 61.5 Å². The third-order valence-electron chi connectivity index (χ3n) is 3.68. The summed E-state index contributed by atoms with van der Waals surface area (Å²) in [6.45, 7) is 2.25. The molecule has 2 heteroatoms. The van der Waals surface area contributed by atoms with Gasteiger partial charge in [0.25, 0.3) is 0 Å². The quantitative estimate of drug-likeness (QED) is 0.665. The van der Waals surface area contributed by atoms with Crippen molar-refractivity contribution in [2.24, 2.45) is 5.73 Å². The SMILES string of the molecule is CCCCCSC(c1ccccc1)C(N)c1ccccc1. The summed E-state index contributed by atoms with van der Waals surface area (Å²) >= 11 is 1.99. The van der Waals surface area contributed by atoms with Crippen molar-refractivity contribution in [2.75, 3.05) is 5.75 Å². The Bertz CT molecular complexity index is 497. The number of unbranched alkanes of at least 4 members (excludes halogenated alkanes) is 2. The zero-order chi connectivity index (χ0) is 14.9. The zero-order valence-corrected chi connectivity index (χ0v) is 13.6. The van der Waals surface area contributed by atoms with Crippen molar-refractivity contribution in [1.82, 2.24) is 0 Å². The molecule has 0 aliphatic carbocycles. The summed E-state index contributed by atoms with van der Waals surface area (Å²) in [5.74, 6) is 1.17. The molecule has 0 aromatic heterocycles. The van der Waals surface area contributed by atoms with Crippen molar-refractivity contribution in [3.63, 3.8) is 0 Å². The second-order valence-electron chi connectivity index (χ2n) is 5.35. The fraction of sp³-hybridized carbons (Fsp3) is 0.368. The molecule has 2 aromatic carbocycles. The average Bonchev–Trinajstić information content (AvgIpc) is 2.56. The van der Waals surface area contributed by atoms with E-state index in [1.165, 1.54) is 36.1 Å². The van der Waals surface area contributed by atoms with Crippen LogP contribution >= 0.6 is 11.8 Å². The van der Waals surface area contributed by atoms with Crippen LogP contribution in [0.5, 0.6) is 0 Å². The molecule has 2 rings (SSSR count). The lowest BCUT2D eigenvalue weighted by Gasteiger charge is -2.24. The number of nitrogens with two attached hydrogens (primary N) is 1. The van der Waals surface area contributed by atoms with Crippen LogP contribution in [0.2, 0.25) is 0 Å². The highest BCUT2D eigenvalue weighted by Gasteiger charge is 2.21. The fourth-order valence-corrected chi connectivity index (χ4v) is 3.80. The molecule has 1 nitrogen and oxygen atoms in total. The number of benzene rings is 2. The minimum Gasteiger partial charge on any atom is -0.323 e. The van der Waals surface area contributed by atoms with Gasteiger partial charge in [0.1, 0.15) is 0 Å². The molecule has 2 N–H and O–H groups in total. The van der Waals surface area contributed by atoms with Gasteiger partial charge in [0.2, 0.25) is 0 Å². The van der Waals surface area contributed by atoms with Crippen LogP contribution in [0.15, 0.2) is 60.7 Å². The molecule has 0 aliphatic rings. The minimum atomic E-state index is 0.0419. The van der Waals surface area contributed by atoms with Gasteiger partial charge in [-0.3, -0.25) is 0 Å². The van der Waals surface area contributed by atoms with E-state index in [9.17, 15) is 0 Å². The summed E-state index contributed by atoms with van der Waals surface area (Å²) in [5.41, 5.74) is 9.11. The van der Waals surface area contributed by atoms with E-state index in [0.717, 1.165) is 0 Å². The standard InChI is InChI=1S/C19H25NS/c1-2-3-10-15-21-19(17-13-8-5-9-14-17)18(20)16-11-6-4-7-12-16/h4-9,11-14,18-19H,2-3,10,15,20H2,1H3. The molecule has 0 saturated carbocycles. The smallest absolute Gasteiger partial charge is 0.0490 e. The summed E-state index contributed by atoms with van der Waals surface area (Å²) < 4.78 is 0. The van der Waals surface area contributed by atoms with Gasteiger partial charge >= 0.3 is 0 Å². The predicted molar refractivity (Wildman–Crippen MR) is 94.5 cm³/mol. The average molecular weight is 299 g/mol. The van der Waals surface area contributed by atoms with Crippen LogP contribution in [0.1, 0.15) is 48.6 Å². The molecule has 0 radical (unpaired) electrons. The Balaban J connectivity index is 2.11. The fourth-order valence-electron chi connectivity index (χ4n) is 2.46. The van der Waals surface area contributed by atoms with Gasteiger partial charge in [0, 0.05) is 11.3 Å². The summed E-state index contributed by atoms with van der Waals surface area (Å²) in [7, 11) is 0. The number of hydrogen-bond acceptors (Lipinski definition) is 2. The molecule has 0 saturated heterocycles. The molecule has 2 aromatic rings. The molecule has 112 valence electrons. The second-order valence-corrected chi connectivity index (χ2v) is 6.60. The van der Waals surface area contributed by atoms with Crippen LogP contribution in [0, 0.1) is 0 Å². The topological polar surface area (TPSA) is 26.0 Å². The molecule has 0 bridgehead atoms. The highest BCUT2D eigenvalue weighted by molar-refractivity contribution is 7.99. The normalized spacial score (nSPS) is 13.8. The van der Waals surface area contributed by atoms with Crippen molar-refractivity contribution in [3.8, 4) is 0 Å². The number of thioether (sulfide) groups is 1. The van der Waals surface area contributed by atoms with E-state index in [-0.39, 0.29) is 6.04 Å². The monoisotopic (exact) mass is 299 g/mol. The van der Waals surface area contributed by atoms with Crippen LogP contribution in [-0.4, -0.2) is 5.75 Å². The first-order valence-corrected chi connectivity index (χ1v) is 8.85. The van der Waals surface area contributed by atoms with Crippen molar-refractivity contribution in [3.05, 3.63) is 71.8 Å². The third-order valence-corrected chi connectivity index (χ3v) is 5.13. The molecule has 0 aliphatic heterocycles. The molecule has 0 amide bonds. The van der Waals surface area contributed by atoms with Gasteiger partial charge in [0.05, 0.1) is 0 Å². The minimum absolute atomic E-state index is 0.0419. The Morgan fingerprint density at radius 1 is 0.857 bits per heavy atom. The summed E-state index contributed by atoms with van der Waals surface area (Å²) in [4.78, 5) is 0. The molecule has 0 heterocycles. The van der Waals surface area contributed by atoms with Gasteiger partial charge in [-0.15, -0.1) is 0 Å².